The fourth-order valence-electron chi connectivity index (χ4n) is 2.15. The van der Waals surface area contributed by atoms with Crippen LogP contribution in [0, 0.1) is 6.92 Å². The SMILES string of the molecule is COc1cc(Cl)c(C(Cl)c2cc(C)cc(Cl)c2)cc1OC. The van der Waals surface area contributed by atoms with Gasteiger partial charge in [-0.1, -0.05) is 29.3 Å². The molecule has 2 rings (SSSR count). The smallest absolute Gasteiger partial charge is 0.162 e. The van der Waals surface area contributed by atoms with Crippen LogP contribution in [0.1, 0.15) is 22.1 Å². The first-order chi connectivity index (χ1) is 9.96. The van der Waals surface area contributed by atoms with Gasteiger partial charge in [0.25, 0.3) is 0 Å². The van der Waals surface area contributed by atoms with Gasteiger partial charge < -0.3 is 9.47 Å². The van der Waals surface area contributed by atoms with Crippen molar-refractivity contribution in [3.05, 3.63) is 57.1 Å². The van der Waals surface area contributed by atoms with E-state index in [1.165, 1.54) is 0 Å². The second-order valence-electron chi connectivity index (χ2n) is 4.65. The summed E-state index contributed by atoms with van der Waals surface area (Å²) in [5.74, 6) is 1.15. The van der Waals surface area contributed by atoms with Crippen molar-refractivity contribution in [2.24, 2.45) is 0 Å². The maximum atomic E-state index is 6.57. The largest absolute Gasteiger partial charge is 0.493 e. The topological polar surface area (TPSA) is 18.5 Å². The van der Waals surface area contributed by atoms with Gasteiger partial charge in [-0.15, -0.1) is 11.6 Å². The molecule has 0 heterocycles. The zero-order valence-electron chi connectivity index (χ0n) is 11.9. The first kappa shape index (κ1) is 16.3. The van der Waals surface area contributed by atoms with Gasteiger partial charge >= 0.3 is 0 Å². The van der Waals surface area contributed by atoms with Gasteiger partial charge in [0, 0.05) is 16.1 Å². The minimum Gasteiger partial charge on any atom is -0.493 e. The Morgan fingerprint density at radius 2 is 1.52 bits per heavy atom. The Bertz CT molecular complexity index is 636. The van der Waals surface area contributed by atoms with Gasteiger partial charge in [0.05, 0.1) is 19.6 Å². The van der Waals surface area contributed by atoms with Crippen LogP contribution in [0.15, 0.2) is 30.3 Å². The van der Waals surface area contributed by atoms with Gasteiger partial charge in [-0.2, -0.15) is 0 Å². The minimum absolute atomic E-state index is 0.422. The minimum atomic E-state index is -0.422. The molecule has 0 aromatic heterocycles. The molecule has 0 radical (unpaired) electrons. The molecule has 0 amide bonds. The molecule has 0 N–H and O–H groups in total. The highest BCUT2D eigenvalue weighted by Crippen LogP contribution is 2.41. The van der Waals surface area contributed by atoms with Crippen molar-refractivity contribution < 1.29 is 9.47 Å². The van der Waals surface area contributed by atoms with Crippen LogP contribution in [-0.2, 0) is 0 Å². The number of aryl methyl sites for hydroxylation is 1. The van der Waals surface area contributed by atoms with E-state index in [2.05, 4.69) is 0 Å². The monoisotopic (exact) mass is 344 g/mol. The summed E-state index contributed by atoms with van der Waals surface area (Å²) in [6.07, 6.45) is 0. The number of methoxy groups -OCH3 is 2. The molecule has 0 saturated carbocycles. The summed E-state index contributed by atoms with van der Waals surface area (Å²) < 4.78 is 10.5. The van der Waals surface area contributed by atoms with Gasteiger partial charge in [0.1, 0.15) is 0 Å². The molecule has 0 aliphatic rings. The number of alkyl halides is 1. The zero-order valence-corrected chi connectivity index (χ0v) is 14.2. The van der Waals surface area contributed by atoms with Crippen LogP contribution in [0.4, 0.5) is 0 Å². The zero-order chi connectivity index (χ0) is 15.6. The molecule has 1 unspecified atom stereocenters. The highest BCUT2D eigenvalue weighted by molar-refractivity contribution is 6.33. The number of rotatable bonds is 4. The normalized spacial score (nSPS) is 12.1. The molecule has 1 atom stereocenters. The molecule has 2 nitrogen and oxygen atoms in total. The van der Waals surface area contributed by atoms with E-state index in [-0.39, 0.29) is 0 Å². The number of ether oxygens (including phenoxy) is 2. The van der Waals surface area contributed by atoms with Crippen molar-refractivity contribution in [3.63, 3.8) is 0 Å². The Hall–Kier alpha value is -1.09. The number of benzene rings is 2. The van der Waals surface area contributed by atoms with E-state index in [0.717, 1.165) is 16.7 Å². The summed E-state index contributed by atoms with van der Waals surface area (Å²) in [6.45, 7) is 1.97. The van der Waals surface area contributed by atoms with Gasteiger partial charge in [-0.05, 0) is 41.8 Å². The molecule has 0 spiro atoms. The van der Waals surface area contributed by atoms with E-state index in [1.807, 2.05) is 25.1 Å². The maximum Gasteiger partial charge on any atom is 0.162 e. The Balaban J connectivity index is 2.49. The number of hydrogen-bond acceptors (Lipinski definition) is 2. The quantitative estimate of drug-likeness (QED) is 0.667. The van der Waals surface area contributed by atoms with E-state index in [9.17, 15) is 0 Å². The van der Waals surface area contributed by atoms with Crippen LogP contribution < -0.4 is 9.47 Å². The lowest BCUT2D eigenvalue weighted by molar-refractivity contribution is 0.354. The Morgan fingerprint density at radius 3 is 2.10 bits per heavy atom. The van der Waals surface area contributed by atoms with Crippen LogP contribution in [0.25, 0.3) is 0 Å². The molecule has 0 aliphatic heterocycles. The maximum absolute atomic E-state index is 6.57. The first-order valence-corrected chi connectivity index (χ1v) is 7.48. The highest BCUT2D eigenvalue weighted by atomic mass is 35.5. The number of hydrogen-bond donors (Lipinski definition) is 0. The molecular weight excluding hydrogens is 331 g/mol. The number of halogens is 3. The lowest BCUT2D eigenvalue weighted by atomic mass is 10.0. The van der Waals surface area contributed by atoms with Crippen molar-refractivity contribution in [1.82, 2.24) is 0 Å². The molecule has 2 aromatic rings. The van der Waals surface area contributed by atoms with E-state index in [1.54, 1.807) is 26.4 Å². The lowest BCUT2D eigenvalue weighted by Gasteiger charge is -2.16. The third-order valence-corrected chi connectivity index (χ3v) is 4.17. The van der Waals surface area contributed by atoms with Crippen molar-refractivity contribution in [3.8, 4) is 11.5 Å². The molecular formula is C16H15Cl3O2. The van der Waals surface area contributed by atoms with Crippen molar-refractivity contribution in [1.29, 1.82) is 0 Å². The molecule has 0 bridgehead atoms. The third kappa shape index (κ3) is 3.57. The van der Waals surface area contributed by atoms with E-state index in [4.69, 9.17) is 44.3 Å². The van der Waals surface area contributed by atoms with Crippen LogP contribution in [0.2, 0.25) is 10.0 Å². The second kappa shape index (κ2) is 6.78. The predicted molar refractivity (Wildman–Crippen MR) is 88.4 cm³/mol. The summed E-state index contributed by atoms with van der Waals surface area (Å²) in [6, 6.07) is 9.18. The highest BCUT2D eigenvalue weighted by Gasteiger charge is 2.18. The van der Waals surface area contributed by atoms with Gasteiger partial charge in [0.2, 0.25) is 0 Å². The summed E-state index contributed by atoms with van der Waals surface area (Å²) in [5.41, 5.74) is 2.67. The van der Waals surface area contributed by atoms with Crippen molar-refractivity contribution in [2.45, 2.75) is 12.3 Å². The average Bonchev–Trinajstić information content (AvgIpc) is 2.45. The van der Waals surface area contributed by atoms with Crippen LogP contribution in [0.5, 0.6) is 11.5 Å². The molecule has 2 aromatic carbocycles. The molecule has 0 fully saturated rings. The molecule has 5 heteroatoms. The summed E-state index contributed by atoms with van der Waals surface area (Å²) in [7, 11) is 3.13. The molecule has 21 heavy (non-hydrogen) atoms. The summed E-state index contributed by atoms with van der Waals surface area (Å²) in [4.78, 5) is 0. The van der Waals surface area contributed by atoms with E-state index in [0.29, 0.717) is 21.5 Å². The van der Waals surface area contributed by atoms with E-state index < -0.39 is 5.38 Å². The Morgan fingerprint density at radius 1 is 0.905 bits per heavy atom. The van der Waals surface area contributed by atoms with Gasteiger partial charge in [-0.3, -0.25) is 0 Å². The van der Waals surface area contributed by atoms with Crippen molar-refractivity contribution in [2.75, 3.05) is 14.2 Å². The van der Waals surface area contributed by atoms with Crippen LogP contribution >= 0.6 is 34.8 Å². The average molecular weight is 346 g/mol. The molecule has 0 aliphatic carbocycles. The summed E-state index contributed by atoms with van der Waals surface area (Å²) in [5, 5.41) is 0.743. The Labute approximate surface area is 139 Å². The fourth-order valence-corrected chi connectivity index (χ4v) is 3.08. The second-order valence-corrected chi connectivity index (χ2v) is 5.93. The van der Waals surface area contributed by atoms with Crippen molar-refractivity contribution >= 4 is 34.8 Å². The predicted octanol–water partition coefficient (Wildman–Crippen LogP) is 5.65. The summed E-state index contributed by atoms with van der Waals surface area (Å²) >= 11 is 19.0. The van der Waals surface area contributed by atoms with Crippen LogP contribution in [0.3, 0.4) is 0 Å². The standard InChI is InChI=1S/C16H15Cl3O2/c1-9-4-10(6-11(17)5-9)16(19)12-7-14(20-2)15(21-3)8-13(12)18/h4-8,16H,1-3H3. The molecule has 0 saturated heterocycles. The van der Waals surface area contributed by atoms with Gasteiger partial charge in [0.15, 0.2) is 11.5 Å². The third-order valence-electron chi connectivity index (χ3n) is 3.13. The Kier molecular flexibility index (Phi) is 5.26. The fraction of sp³-hybridized carbons (Fsp3) is 0.250. The van der Waals surface area contributed by atoms with Crippen LogP contribution in [-0.4, -0.2) is 14.2 Å². The van der Waals surface area contributed by atoms with E-state index >= 15 is 0 Å². The lowest BCUT2D eigenvalue weighted by Crippen LogP contribution is -1.98. The first-order valence-electron chi connectivity index (χ1n) is 6.29. The van der Waals surface area contributed by atoms with Gasteiger partial charge in [-0.25, -0.2) is 0 Å². The molecule has 112 valence electrons.